The average Bonchev–Trinajstić information content (AvgIpc) is 2.04. The van der Waals surface area contributed by atoms with Gasteiger partial charge < -0.3 is 5.11 Å². The van der Waals surface area contributed by atoms with E-state index in [0.29, 0.717) is 5.56 Å². The molecule has 0 aliphatic carbocycles. The second-order valence-electron chi connectivity index (χ2n) is 2.71. The summed E-state index contributed by atoms with van der Waals surface area (Å²) >= 11 is 0. The Hall–Kier alpha value is -1.71. The number of aliphatic carboxylic acids is 1. The van der Waals surface area contributed by atoms with Crippen LogP contribution in [0.2, 0.25) is 0 Å². The predicted molar refractivity (Wildman–Crippen MR) is 45.3 cm³/mol. The number of carbonyl (C=O) groups is 2. The van der Waals surface area contributed by atoms with Crippen molar-refractivity contribution in [2.75, 3.05) is 0 Å². The first kappa shape index (κ1) is 9.38. The fourth-order valence-electron chi connectivity index (χ4n) is 0.975. The molecule has 0 radical (unpaired) electrons. The van der Waals surface area contributed by atoms with Crippen molar-refractivity contribution in [3.8, 4) is 0 Å². The zero-order valence-electron chi connectivity index (χ0n) is 7.15. The molecular weight excluding hydrogens is 170 g/mol. The third-order valence-electron chi connectivity index (χ3n) is 1.56. The fraction of sp³-hybridized carbons (Fsp3) is 0.222. The highest BCUT2D eigenvalue weighted by Gasteiger charge is 2.11. The van der Waals surface area contributed by atoms with Gasteiger partial charge in [-0.1, -0.05) is 0 Å². The number of nitrogens with zero attached hydrogens (tertiary/aromatic N) is 1. The number of ketones is 1. The summed E-state index contributed by atoms with van der Waals surface area (Å²) in [4.78, 5) is 25.0. The SMILES string of the molecule is Cc1cc(CC(=O)C(=O)O)ccn1. The number of carbonyl (C=O) groups excluding carboxylic acids is 1. The van der Waals surface area contributed by atoms with E-state index >= 15 is 0 Å². The molecule has 1 N–H and O–H groups in total. The Kier molecular flexibility index (Phi) is 2.74. The van der Waals surface area contributed by atoms with Crippen LogP contribution < -0.4 is 0 Å². The van der Waals surface area contributed by atoms with Crippen molar-refractivity contribution in [3.05, 3.63) is 29.6 Å². The molecule has 0 spiro atoms. The van der Waals surface area contributed by atoms with Gasteiger partial charge >= 0.3 is 5.97 Å². The van der Waals surface area contributed by atoms with Gasteiger partial charge in [0.1, 0.15) is 0 Å². The molecular formula is C9H9NO3. The summed E-state index contributed by atoms with van der Waals surface area (Å²) in [7, 11) is 0. The van der Waals surface area contributed by atoms with Gasteiger partial charge in [0.25, 0.3) is 0 Å². The molecule has 1 aromatic rings. The highest BCUT2D eigenvalue weighted by atomic mass is 16.4. The highest BCUT2D eigenvalue weighted by molar-refractivity contribution is 6.33. The lowest BCUT2D eigenvalue weighted by molar-refractivity contribution is -0.148. The van der Waals surface area contributed by atoms with Crippen LogP contribution in [0.3, 0.4) is 0 Å². The lowest BCUT2D eigenvalue weighted by atomic mass is 10.1. The van der Waals surface area contributed by atoms with Gasteiger partial charge in [-0.25, -0.2) is 4.79 Å². The number of aromatic nitrogens is 1. The van der Waals surface area contributed by atoms with Crippen molar-refractivity contribution in [2.24, 2.45) is 0 Å². The Bertz CT molecular complexity index is 346. The number of rotatable bonds is 3. The van der Waals surface area contributed by atoms with Crippen LogP contribution in [0.5, 0.6) is 0 Å². The molecule has 0 saturated carbocycles. The molecule has 0 amide bonds. The molecule has 0 fully saturated rings. The maximum atomic E-state index is 10.8. The van der Waals surface area contributed by atoms with Crippen LogP contribution in [-0.4, -0.2) is 21.8 Å². The third-order valence-corrected chi connectivity index (χ3v) is 1.56. The van der Waals surface area contributed by atoms with Crippen molar-refractivity contribution >= 4 is 11.8 Å². The van der Waals surface area contributed by atoms with E-state index in [1.54, 1.807) is 25.3 Å². The van der Waals surface area contributed by atoms with E-state index in [2.05, 4.69) is 4.98 Å². The quantitative estimate of drug-likeness (QED) is 0.689. The second kappa shape index (κ2) is 3.80. The molecule has 0 aliphatic heterocycles. The zero-order chi connectivity index (χ0) is 9.84. The van der Waals surface area contributed by atoms with Crippen LogP contribution in [0.25, 0.3) is 0 Å². The number of hydrogen-bond donors (Lipinski definition) is 1. The van der Waals surface area contributed by atoms with E-state index < -0.39 is 11.8 Å². The summed E-state index contributed by atoms with van der Waals surface area (Å²) in [5.74, 6) is -2.19. The number of carboxylic acid groups (broad SMARTS) is 1. The van der Waals surface area contributed by atoms with E-state index in [1.165, 1.54) is 0 Å². The Labute approximate surface area is 75.2 Å². The molecule has 13 heavy (non-hydrogen) atoms. The summed E-state index contributed by atoms with van der Waals surface area (Å²) in [5.41, 5.74) is 1.45. The minimum atomic E-state index is -1.39. The summed E-state index contributed by atoms with van der Waals surface area (Å²) in [6.45, 7) is 1.79. The molecule has 0 aromatic carbocycles. The number of pyridine rings is 1. The minimum absolute atomic E-state index is 0.0707. The van der Waals surface area contributed by atoms with Crippen LogP contribution in [0.1, 0.15) is 11.3 Å². The van der Waals surface area contributed by atoms with Gasteiger partial charge in [0, 0.05) is 18.3 Å². The summed E-state index contributed by atoms with van der Waals surface area (Å²) < 4.78 is 0. The molecule has 4 heteroatoms. The predicted octanol–water partition coefficient (Wildman–Crippen LogP) is 0.586. The van der Waals surface area contributed by atoms with E-state index in [0.717, 1.165) is 5.69 Å². The Balaban J connectivity index is 2.75. The van der Waals surface area contributed by atoms with Gasteiger partial charge in [0.15, 0.2) is 0 Å². The maximum absolute atomic E-state index is 10.8. The van der Waals surface area contributed by atoms with Gasteiger partial charge in [-0.05, 0) is 24.6 Å². The summed E-state index contributed by atoms with van der Waals surface area (Å²) in [5, 5.41) is 8.35. The van der Waals surface area contributed by atoms with Crippen LogP contribution in [0.4, 0.5) is 0 Å². The molecule has 1 aromatic heterocycles. The first-order valence-electron chi connectivity index (χ1n) is 3.77. The lowest BCUT2D eigenvalue weighted by Gasteiger charge is -1.97. The smallest absolute Gasteiger partial charge is 0.372 e. The molecule has 0 aliphatic rings. The van der Waals surface area contributed by atoms with E-state index in [-0.39, 0.29) is 6.42 Å². The molecule has 0 saturated heterocycles. The van der Waals surface area contributed by atoms with E-state index in [4.69, 9.17) is 5.11 Å². The summed E-state index contributed by atoms with van der Waals surface area (Å²) in [6, 6.07) is 3.33. The molecule has 0 unspecified atom stereocenters. The summed E-state index contributed by atoms with van der Waals surface area (Å²) in [6.07, 6.45) is 1.48. The number of carboxylic acids is 1. The van der Waals surface area contributed by atoms with Gasteiger partial charge in [0.05, 0.1) is 0 Å². The van der Waals surface area contributed by atoms with Crippen molar-refractivity contribution in [1.82, 2.24) is 4.98 Å². The van der Waals surface area contributed by atoms with Crippen LogP contribution >= 0.6 is 0 Å². The Morgan fingerprint density at radius 3 is 2.77 bits per heavy atom. The fourth-order valence-corrected chi connectivity index (χ4v) is 0.975. The first-order valence-corrected chi connectivity index (χ1v) is 3.77. The third kappa shape index (κ3) is 2.66. The van der Waals surface area contributed by atoms with Crippen molar-refractivity contribution < 1.29 is 14.7 Å². The number of aryl methyl sites for hydroxylation is 1. The standard InChI is InChI=1S/C9H9NO3/c1-6-4-7(2-3-10-6)5-8(11)9(12)13/h2-4H,5H2,1H3,(H,12,13). The maximum Gasteiger partial charge on any atom is 0.372 e. The molecule has 1 heterocycles. The molecule has 0 bridgehead atoms. The van der Waals surface area contributed by atoms with Crippen LogP contribution in [-0.2, 0) is 16.0 Å². The number of Topliss-reactive ketones (excluding diaryl/α,β-unsaturated/α-hetero) is 1. The Morgan fingerprint density at radius 2 is 2.23 bits per heavy atom. The zero-order valence-corrected chi connectivity index (χ0v) is 7.15. The topological polar surface area (TPSA) is 67.3 Å². The van der Waals surface area contributed by atoms with Gasteiger partial charge in [-0.3, -0.25) is 9.78 Å². The molecule has 68 valence electrons. The molecule has 4 nitrogen and oxygen atoms in total. The first-order chi connectivity index (χ1) is 6.09. The minimum Gasteiger partial charge on any atom is -0.475 e. The Morgan fingerprint density at radius 1 is 1.54 bits per heavy atom. The second-order valence-corrected chi connectivity index (χ2v) is 2.71. The monoisotopic (exact) mass is 179 g/mol. The number of hydrogen-bond acceptors (Lipinski definition) is 3. The largest absolute Gasteiger partial charge is 0.475 e. The molecule has 1 rings (SSSR count). The van der Waals surface area contributed by atoms with E-state index in [1.807, 2.05) is 0 Å². The van der Waals surface area contributed by atoms with Gasteiger partial charge in [-0.2, -0.15) is 0 Å². The van der Waals surface area contributed by atoms with Gasteiger partial charge in [-0.15, -0.1) is 0 Å². The van der Waals surface area contributed by atoms with Crippen molar-refractivity contribution in [1.29, 1.82) is 0 Å². The van der Waals surface area contributed by atoms with Gasteiger partial charge in [0.2, 0.25) is 5.78 Å². The lowest BCUT2D eigenvalue weighted by Crippen LogP contribution is -2.15. The van der Waals surface area contributed by atoms with Crippen molar-refractivity contribution in [2.45, 2.75) is 13.3 Å². The van der Waals surface area contributed by atoms with E-state index in [9.17, 15) is 9.59 Å². The normalized spacial score (nSPS) is 9.62. The average molecular weight is 179 g/mol. The van der Waals surface area contributed by atoms with Crippen LogP contribution in [0, 0.1) is 6.92 Å². The highest BCUT2D eigenvalue weighted by Crippen LogP contribution is 2.02. The van der Waals surface area contributed by atoms with Crippen molar-refractivity contribution in [3.63, 3.8) is 0 Å². The molecule has 0 atom stereocenters. The van der Waals surface area contributed by atoms with Crippen LogP contribution in [0.15, 0.2) is 18.3 Å².